The van der Waals surface area contributed by atoms with Gasteiger partial charge in [-0.2, -0.15) is 11.3 Å². The van der Waals surface area contributed by atoms with Crippen molar-refractivity contribution in [3.05, 3.63) is 52.7 Å². The van der Waals surface area contributed by atoms with Crippen LogP contribution in [0.5, 0.6) is 5.75 Å². The largest absolute Gasteiger partial charge is 0.484 e. The number of fused-ring (bicyclic) bond motifs is 1. The number of hydrogen-bond acceptors (Lipinski definition) is 3. The third-order valence-corrected chi connectivity index (χ3v) is 4.70. The highest BCUT2D eigenvalue weighted by molar-refractivity contribution is 7.08. The Morgan fingerprint density at radius 1 is 1.09 bits per heavy atom. The maximum absolute atomic E-state index is 11.6. The van der Waals surface area contributed by atoms with Gasteiger partial charge >= 0.3 is 0 Å². The van der Waals surface area contributed by atoms with Gasteiger partial charge in [0.2, 0.25) is 0 Å². The number of aryl methyl sites for hydroxylation is 1. The molecule has 2 aromatic carbocycles. The molecule has 3 rings (SSSR count). The van der Waals surface area contributed by atoms with Gasteiger partial charge in [0.15, 0.2) is 6.61 Å². The van der Waals surface area contributed by atoms with Crippen LogP contribution in [0.15, 0.2) is 47.2 Å². The fourth-order valence-corrected chi connectivity index (χ4v) is 3.27. The van der Waals surface area contributed by atoms with E-state index >= 15 is 0 Å². The van der Waals surface area contributed by atoms with Crippen LogP contribution in [-0.4, -0.2) is 31.5 Å². The summed E-state index contributed by atoms with van der Waals surface area (Å²) in [5.41, 5.74) is 3.82. The first-order valence-corrected chi connectivity index (χ1v) is 8.39. The SMILES string of the molecule is Cc1cscc1-c1ccc2cc(OCC(=O)N(C)C)ccc2c1. The second kappa shape index (κ2) is 6.42. The van der Waals surface area contributed by atoms with Gasteiger partial charge < -0.3 is 9.64 Å². The molecule has 23 heavy (non-hydrogen) atoms. The Labute approximate surface area is 140 Å². The van der Waals surface area contributed by atoms with E-state index in [-0.39, 0.29) is 12.5 Å². The minimum absolute atomic E-state index is 0.0478. The average Bonchev–Trinajstić information content (AvgIpc) is 2.97. The number of amides is 1. The fraction of sp³-hybridized carbons (Fsp3) is 0.211. The maximum atomic E-state index is 11.6. The van der Waals surface area contributed by atoms with E-state index in [2.05, 4.69) is 35.9 Å². The first-order valence-electron chi connectivity index (χ1n) is 7.44. The van der Waals surface area contributed by atoms with E-state index in [0.717, 1.165) is 5.39 Å². The second-order valence-corrected chi connectivity index (χ2v) is 6.51. The number of benzene rings is 2. The zero-order chi connectivity index (χ0) is 16.4. The Morgan fingerprint density at radius 2 is 1.83 bits per heavy atom. The quantitative estimate of drug-likeness (QED) is 0.714. The van der Waals surface area contributed by atoms with Gasteiger partial charge in [-0.1, -0.05) is 18.2 Å². The lowest BCUT2D eigenvalue weighted by molar-refractivity contribution is -0.130. The van der Waals surface area contributed by atoms with Crippen LogP contribution in [-0.2, 0) is 4.79 Å². The molecular weight excluding hydrogens is 306 g/mol. The van der Waals surface area contributed by atoms with Crippen molar-refractivity contribution >= 4 is 28.0 Å². The second-order valence-electron chi connectivity index (χ2n) is 5.77. The van der Waals surface area contributed by atoms with Gasteiger partial charge in [-0.15, -0.1) is 0 Å². The lowest BCUT2D eigenvalue weighted by atomic mass is 10.0. The summed E-state index contributed by atoms with van der Waals surface area (Å²) in [5.74, 6) is 0.667. The van der Waals surface area contributed by atoms with Crippen LogP contribution in [0.4, 0.5) is 0 Å². The van der Waals surface area contributed by atoms with Crippen LogP contribution in [0.2, 0.25) is 0 Å². The van der Waals surface area contributed by atoms with Crippen molar-refractivity contribution in [2.45, 2.75) is 6.92 Å². The van der Waals surface area contributed by atoms with Crippen molar-refractivity contribution < 1.29 is 9.53 Å². The highest BCUT2D eigenvalue weighted by Gasteiger charge is 2.07. The number of nitrogens with zero attached hydrogens (tertiary/aromatic N) is 1. The Balaban J connectivity index is 1.84. The predicted octanol–water partition coefficient (Wildman–Crippen LogP) is 4.34. The average molecular weight is 325 g/mol. The van der Waals surface area contributed by atoms with Gasteiger partial charge in [-0.25, -0.2) is 0 Å². The van der Waals surface area contributed by atoms with E-state index < -0.39 is 0 Å². The summed E-state index contributed by atoms with van der Waals surface area (Å²) in [6, 6.07) is 12.3. The number of carbonyl (C=O) groups is 1. The predicted molar refractivity (Wildman–Crippen MR) is 96.2 cm³/mol. The molecule has 0 aliphatic heterocycles. The molecule has 1 aromatic heterocycles. The summed E-state index contributed by atoms with van der Waals surface area (Å²) in [7, 11) is 3.44. The number of rotatable bonds is 4. The Hall–Kier alpha value is -2.33. The molecule has 0 atom stereocenters. The molecular formula is C19H19NO2S. The Kier molecular flexibility index (Phi) is 4.35. The minimum atomic E-state index is -0.0478. The van der Waals surface area contributed by atoms with Gasteiger partial charge in [0.25, 0.3) is 5.91 Å². The smallest absolute Gasteiger partial charge is 0.259 e. The topological polar surface area (TPSA) is 29.5 Å². The molecule has 0 radical (unpaired) electrons. The van der Waals surface area contributed by atoms with Crippen LogP contribution in [0.25, 0.3) is 21.9 Å². The monoisotopic (exact) mass is 325 g/mol. The number of ether oxygens (including phenoxy) is 1. The molecule has 0 spiro atoms. The molecule has 0 saturated carbocycles. The van der Waals surface area contributed by atoms with E-state index in [1.54, 1.807) is 25.4 Å². The van der Waals surface area contributed by atoms with Crippen molar-refractivity contribution in [3.63, 3.8) is 0 Å². The molecule has 0 fully saturated rings. The summed E-state index contributed by atoms with van der Waals surface area (Å²) >= 11 is 1.72. The van der Waals surface area contributed by atoms with Crippen molar-refractivity contribution in [3.8, 4) is 16.9 Å². The normalized spacial score (nSPS) is 10.7. The maximum Gasteiger partial charge on any atom is 0.259 e. The van der Waals surface area contributed by atoms with Crippen LogP contribution < -0.4 is 4.74 Å². The highest BCUT2D eigenvalue weighted by Crippen LogP contribution is 2.30. The highest BCUT2D eigenvalue weighted by atomic mass is 32.1. The van der Waals surface area contributed by atoms with Crippen LogP contribution in [0, 0.1) is 6.92 Å². The lowest BCUT2D eigenvalue weighted by Crippen LogP contribution is -2.27. The van der Waals surface area contributed by atoms with Crippen molar-refractivity contribution in [1.82, 2.24) is 4.90 Å². The van der Waals surface area contributed by atoms with Gasteiger partial charge in [0, 0.05) is 14.1 Å². The summed E-state index contributed by atoms with van der Waals surface area (Å²) in [4.78, 5) is 13.1. The standard InChI is InChI=1S/C19H19NO2S/c1-13-11-23-12-18(13)16-5-4-15-9-17(7-6-14(15)8-16)22-10-19(21)20(2)3/h4-9,11-12H,10H2,1-3H3. The molecule has 0 aliphatic carbocycles. The van der Waals surface area contributed by atoms with Crippen molar-refractivity contribution in [2.75, 3.05) is 20.7 Å². The van der Waals surface area contributed by atoms with E-state index in [0.29, 0.717) is 5.75 Å². The molecule has 0 N–H and O–H groups in total. The van der Waals surface area contributed by atoms with Crippen LogP contribution >= 0.6 is 11.3 Å². The number of likely N-dealkylation sites (N-methyl/N-ethyl adjacent to an activating group) is 1. The molecule has 3 nitrogen and oxygen atoms in total. The van der Waals surface area contributed by atoms with Crippen molar-refractivity contribution in [2.24, 2.45) is 0 Å². The van der Waals surface area contributed by atoms with Gasteiger partial charge in [-0.05, 0) is 63.3 Å². The number of carbonyl (C=O) groups excluding carboxylic acids is 1. The molecule has 0 bridgehead atoms. The van der Waals surface area contributed by atoms with Crippen molar-refractivity contribution in [1.29, 1.82) is 0 Å². The molecule has 3 aromatic rings. The van der Waals surface area contributed by atoms with E-state index in [1.165, 1.54) is 27.0 Å². The third-order valence-electron chi connectivity index (χ3n) is 3.84. The van der Waals surface area contributed by atoms with Gasteiger partial charge in [0.1, 0.15) is 5.75 Å². The van der Waals surface area contributed by atoms with Crippen LogP contribution in [0.3, 0.4) is 0 Å². The van der Waals surface area contributed by atoms with Crippen LogP contribution in [0.1, 0.15) is 5.56 Å². The summed E-state index contributed by atoms with van der Waals surface area (Å²) in [5, 5.41) is 6.62. The molecule has 0 saturated heterocycles. The number of hydrogen-bond donors (Lipinski definition) is 0. The van der Waals surface area contributed by atoms with E-state index in [4.69, 9.17) is 4.74 Å². The summed E-state index contributed by atoms with van der Waals surface area (Å²) in [6.45, 7) is 2.19. The molecule has 0 aliphatic rings. The minimum Gasteiger partial charge on any atom is -0.484 e. The number of thiophene rings is 1. The summed E-state index contributed by atoms with van der Waals surface area (Å²) < 4.78 is 5.57. The molecule has 0 unspecified atom stereocenters. The molecule has 1 amide bonds. The zero-order valence-corrected chi connectivity index (χ0v) is 14.3. The van der Waals surface area contributed by atoms with E-state index in [1.807, 2.05) is 18.2 Å². The Morgan fingerprint density at radius 3 is 2.52 bits per heavy atom. The summed E-state index contributed by atoms with van der Waals surface area (Å²) in [6.07, 6.45) is 0. The first kappa shape index (κ1) is 15.6. The Bertz CT molecular complexity index is 851. The van der Waals surface area contributed by atoms with E-state index in [9.17, 15) is 4.79 Å². The van der Waals surface area contributed by atoms with Gasteiger partial charge in [0.05, 0.1) is 0 Å². The molecule has 1 heterocycles. The fourth-order valence-electron chi connectivity index (χ4n) is 2.41. The molecule has 4 heteroatoms. The zero-order valence-electron chi connectivity index (χ0n) is 13.5. The molecule has 118 valence electrons. The first-order chi connectivity index (χ1) is 11.0. The van der Waals surface area contributed by atoms with Gasteiger partial charge in [-0.3, -0.25) is 4.79 Å². The third kappa shape index (κ3) is 3.37. The lowest BCUT2D eigenvalue weighted by Gasteiger charge is -2.12.